The predicted molar refractivity (Wildman–Crippen MR) is 100 cm³/mol. The van der Waals surface area contributed by atoms with E-state index in [1.54, 1.807) is 0 Å². The molecule has 4 nitrogen and oxygen atoms in total. The van der Waals surface area contributed by atoms with E-state index in [1.165, 1.54) is 11.1 Å². The number of nitrogens with one attached hydrogen (secondary N) is 1. The Morgan fingerprint density at radius 3 is 2.75 bits per heavy atom. The lowest BCUT2D eigenvalue weighted by atomic mass is 9.95. The normalized spacial score (nSPS) is 15.4. The van der Waals surface area contributed by atoms with Gasteiger partial charge in [0.05, 0.1) is 11.3 Å². The van der Waals surface area contributed by atoms with Crippen molar-refractivity contribution in [2.45, 2.75) is 52.6 Å². The molecule has 0 saturated heterocycles. The summed E-state index contributed by atoms with van der Waals surface area (Å²) in [6.45, 7) is 10.7. The highest BCUT2D eigenvalue weighted by Gasteiger charge is 2.25. The monoisotopic (exact) mass is 389 g/mol. The Kier molecular flexibility index (Phi) is 4.67. The highest BCUT2D eigenvalue weighted by molar-refractivity contribution is 9.10. The lowest BCUT2D eigenvalue weighted by Crippen LogP contribution is -2.37. The van der Waals surface area contributed by atoms with Crippen LogP contribution in [0, 0.1) is 6.92 Å². The van der Waals surface area contributed by atoms with Crippen molar-refractivity contribution in [2.24, 2.45) is 0 Å². The van der Waals surface area contributed by atoms with Crippen molar-refractivity contribution in [3.8, 4) is 0 Å². The lowest BCUT2D eigenvalue weighted by Gasteiger charge is -2.29. The summed E-state index contributed by atoms with van der Waals surface area (Å²) >= 11 is 3.64. The van der Waals surface area contributed by atoms with Gasteiger partial charge >= 0.3 is 0 Å². The molecule has 1 aliphatic heterocycles. The third-order valence-corrected chi connectivity index (χ3v) is 5.20. The fourth-order valence-corrected chi connectivity index (χ4v) is 3.61. The zero-order chi connectivity index (χ0) is 17.5. The Bertz CT molecular complexity index is 820. The SMILES string of the molecule is Cc1ccc(CN2CCc3nc(C(C)(C)C)[nH]c(=O)c3C2)c(Br)c1. The summed E-state index contributed by atoms with van der Waals surface area (Å²) in [6.07, 6.45) is 0.825. The van der Waals surface area contributed by atoms with Gasteiger partial charge in [0.25, 0.3) is 5.56 Å². The van der Waals surface area contributed by atoms with Crippen LogP contribution in [0.25, 0.3) is 0 Å². The topological polar surface area (TPSA) is 49.0 Å². The van der Waals surface area contributed by atoms with Crippen molar-refractivity contribution in [2.75, 3.05) is 6.54 Å². The van der Waals surface area contributed by atoms with Crippen LogP contribution in [0.1, 0.15) is 49.0 Å². The summed E-state index contributed by atoms with van der Waals surface area (Å²) in [5.74, 6) is 0.779. The van der Waals surface area contributed by atoms with Gasteiger partial charge in [-0.2, -0.15) is 0 Å². The quantitative estimate of drug-likeness (QED) is 0.851. The summed E-state index contributed by atoms with van der Waals surface area (Å²) in [7, 11) is 0. The summed E-state index contributed by atoms with van der Waals surface area (Å²) in [5, 5.41) is 0. The highest BCUT2D eigenvalue weighted by atomic mass is 79.9. The van der Waals surface area contributed by atoms with Crippen molar-refractivity contribution in [3.05, 3.63) is 61.2 Å². The van der Waals surface area contributed by atoms with Gasteiger partial charge < -0.3 is 4.98 Å². The van der Waals surface area contributed by atoms with Crippen LogP contribution < -0.4 is 5.56 Å². The lowest BCUT2D eigenvalue weighted by molar-refractivity contribution is 0.240. The minimum atomic E-state index is -0.141. The van der Waals surface area contributed by atoms with Crippen LogP contribution >= 0.6 is 15.9 Å². The highest BCUT2D eigenvalue weighted by Crippen LogP contribution is 2.24. The fraction of sp³-hybridized carbons (Fsp3) is 0.474. The van der Waals surface area contributed by atoms with E-state index in [2.05, 4.69) is 71.7 Å². The average molecular weight is 390 g/mol. The van der Waals surface area contributed by atoms with Crippen molar-refractivity contribution in [3.63, 3.8) is 0 Å². The molecule has 1 aromatic heterocycles. The first-order valence-corrected chi connectivity index (χ1v) is 9.13. The molecule has 0 fully saturated rings. The van der Waals surface area contributed by atoms with Crippen LogP contribution in [0.15, 0.2) is 27.5 Å². The number of benzene rings is 1. The number of aromatic amines is 1. The van der Waals surface area contributed by atoms with Gasteiger partial charge in [-0.05, 0) is 24.1 Å². The zero-order valence-corrected chi connectivity index (χ0v) is 16.3. The molecule has 0 atom stereocenters. The van der Waals surface area contributed by atoms with Crippen molar-refractivity contribution in [1.82, 2.24) is 14.9 Å². The van der Waals surface area contributed by atoms with E-state index in [1.807, 2.05) is 0 Å². The Labute approximate surface area is 151 Å². The van der Waals surface area contributed by atoms with Gasteiger partial charge in [0.2, 0.25) is 0 Å². The second-order valence-electron chi connectivity index (χ2n) is 7.65. The van der Waals surface area contributed by atoms with Crippen molar-refractivity contribution in [1.29, 1.82) is 0 Å². The van der Waals surface area contributed by atoms with Gasteiger partial charge in [-0.1, -0.05) is 48.8 Å². The second-order valence-corrected chi connectivity index (χ2v) is 8.50. The fourth-order valence-electron chi connectivity index (χ4n) is 2.99. The molecule has 0 bridgehead atoms. The number of fused-ring (bicyclic) bond motifs is 1. The molecule has 2 heterocycles. The van der Waals surface area contributed by atoms with Gasteiger partial charge in [0.15, 0.2) is 0 Å². The molecule has 0 unspecified atom stereocenters. The molecule has 0 radical (unpaired) electrons. The zero-order valence-electron chi connectivity index (χ0n) is 14.7. The largest absolute Gasteiger partial charge is 0.310 e. The van der Waals surface area contributed by atoms with Crippen LogP contribution in [0.4, 0.5) is 0 Å². The van der Waals surface area contributed by atoms with E-state index in [0.717, 1.165) is 41.1 Å². The third-order valence-electron chi connectivity index (χ3n) is 4.46. The maximum Gasteiger partial charge on any atom is 0.255 e. The Hall–Kier alpha value is -1.46. The molecule has 0 spiro atoms. The molecule has 0 amide bonds. The molecule has 3 rings (SSSR count). The molecule has 1 N–H and O–H groups in total. The number of aromatic nitrogens is 2. The summed E-state index contributed by atoms with van der Waals surface area (Å²) in [6, 6.07) is 6.42. The number of H-pyrrole nitrogens is 1. The van der Waals surface area contributed by atoms with Crippen LogP contribution in [0.5, 0.6) is 0 Å². The van der Waals surface area contributed by atoms with E-state index >= 15 is 0 Å². The molecule has 0 aliphatic carbocycles. The van der Waals surface area contributed by atoms with Crippen LogP contribution in [0.3, 0.4) is 0 Å². The van der Waals surface area contributed by atoms with Crippen molar-refractivity contribution >= 4 is 15.9 Å². The Morgan fingerprint density at radius 2 is 2.08 bits per heavy atom. The maximum atomic E-state index is 12.5. The van der Waals surface area contributed by atoms with E-state index in [-0.39, 0.29) is 11.0 Å². The Balaban J connectivity index is 1.83. The van der Waals surface area contributed by atoms with Crippen LogP contribution in [-0.2, 0) is 24.9 Å². The van der Waals surface area contributed by atoms with Crippen LogP contribution in [0.2, 0.25) is 0 Å². The molecule has 1 aliphatic rings. The second kappa shape index (κ2) is 6.45. The van der Waals surface area contributed by atoms with E-state index in [9.17, 15) is 4.79 Å². The number of rotatable bonds is 2. The number of aryl methyl sites for hydroxylation is 1. The average Bonchev–Trinajstić information content (AvgIpc) is 2.49. The van der Waals surface area contributed by atoms with Gasteiger partial charge in [0.1, 0.15) is 5.82 Å². The number of hydrogen-bond acceptors (Lipinski definition) is 3. The Morgan fingerprint density at radius 1 is 1.33 bits per heavy atom. The third kappa shape index (κ3) is 3.62. The molecular weight excluding hydrogens is 366 g/mol. The molecular formula is C19H24BrN3O. The predicted octanol–water partition coefficient (Wildman–Crippen LogP) is 3.70. The summed E-state index contributed by atoms with van der Waals surface area (Å²) < 4.78 is 1.13. The van der Waals surface area contributed by atoms with Gasteiger partial charge in [0, 0.05) is 35.9 Å². The molecule has 128 valence electrons. The van der Waals surface area contributed by atoms with Crippen molar-refractivity contribution < 1.29 is 0 Å². The van der Waals surface area contributed by atoms with Crippen LogP contribution in [-0.4, -0.2) is 21.4 Å². The van der Waals surface area contributed by atoms with Gasteiger partial charge in [-0.15, -0.1) is 0 Å². The minimum Gasteiger partial charge on any atom is -0.310 e. The summed E-state index contributed by atoms with van der Waals surface area (Å²) in [5.41, 5.74) is 4.14. The van der Waals surface area contributed by atoms with Gasteiger partial charge in [-0.3, -0.25) is 9.69 Å². The molecule has 5 heteroatoms. The first kappa shape index (κ1) is 17.4. The number of hydrogen-bond donors (Lipinski definition) is 1. The standard InChI is InChI=1S/C19H24BrN3O/c1-12-5-6-13(15(20)9-12)10-23-8-7-16-14(11-23)17(24)22-18(21-16)19(2,3)4/h5-6,9H,7-8,10-11H2,1-4H3,(H,21,22,24). The first-order chi connectivity index (χ1) is 11.2. The minimum absolute atomic E-state index is 0.0117. The molecule has 2 aromatic rings. The number of halogens is 1. The maximum absolute atomic E-state index is 12.5. The molecule has 1 aromatic carbocycles. The summed E-state index contributed by atoms with van der Waals surface area (Å²) in [4.78, 5) is 22.5. The van der Waals surface area contributed by atoms with E-state index in [4.69, 9.17) is 4.98 Å². The molecule has 24 heavy (non-hydrogen) atoms. The van der Waals surface area contributed by atoms with E-state index < -0.39 is 0 Å². The van der Waals surface area contributed by atoms with Gasteiger partial charge in [-0.25, -0.2) is 4.98 Å². The smallest absolute Gasteiger partial charge is 0.255 e. The van der Waals surface area contributed by atoms with E-state index in [0.29, 0.717) is 6.54 Å². The molecule has 0 saturated carbocycles. The first-order valence-electron chi connectivity index (χ1n) is 8.34. The number of nitrogens with zero attached hydrogens (tertiary/aromatic N) is 2.